The molecular weight excluding hydrogens is 212 g/mol. The van der Waals surface area contributed by atoms with Gasteiger partial charge in [-0.3, -0.25) is 4.68 Å². The van der Waals surface area contributed by atoms with E-state index in [1.807, 2.05) is 11.7 Å². The largest absolute Gasteiger partial charge is 0.319 e. The molecule has 1 aliphatic carbocycles. The summed E-state index contributed by atoms with van der Waals surface area (Å²) in [6, 6.07) is 0. The Bertz CT molecular complexity index is 375. The van der Waals surface area contributed by atoms with Crippen LogP contribution in [-0.4, -0.2) is 14.8 Å². The van der Waals surface area contributed by atoms with Crippen molar-refractivity contribution in [3.63, 3.8) is 0 Å². The fraction of sp³-hybridized carbons (Fsp3) is 0.846. The number of aryl methyl sites for hydroxylation is 1. The summed E-state index contributed by atoms with van der Waals surface area (Å²) in [5, 5.41) is 4.57. The van der Waals surface area contributed by atoms with E-state index in [1.54, 1.807) is 0 Å². The summed E-state index contributed by atoms with van der Waals surface area (Å²) >= 11 is 0. The fourth-order valence-electron chi connectivity index (χ4n) is 2.89. The Balaban J connectivity index is 2.23. The highest BCUT2D eigenvalue weighted by molar-refractivity contribution is 5.08. The van der Waals surface area contributed by atoms with Gasteiger partial charge >= 0.3 is 0 Å². The van der Waals surface area contributed by atoms with Gasteiger partial charge in [-0.25, -0.2) is 4.98 Å². The lowest BCUT2D eigenvalue weighted by molar-refractivity contribution is 0.401. The zero-order chi connectivity index (χ0) is 12.5. The molecule has 17 heavy (non-hydrogen) atoms. The molecule has 1 fully saturated rings. The van der Waals surface area contributed by atoms with Crippen LogP contribution in [0.25, 0.3) is 0 Å². The molecule has 0 saturated heterocycles. The molecule has 4 nitrogen and oxygen atoms in total. The Hall–Kier alpha value is -0.900. The third kappa shape index (κ3) is 2.51. The quantitative estimate of drug-likeness (QED) is 0.873. The summed E-state index contributed by atoms with van der Waals surface area (Å²) in [7, 11) is 1.96. The fourth-order valence-corrected chi connectivity index (χ4v) is 2.89. The summed E-state index contributed by atoms with van der Waals surface area (Å²) in [6.07, 6.45) is 7.11. The van der Waals surface area contributed by atoms with Gasteiger partial charge < -0.3 is 5.73 Å². The van der Waals surface area contributed by atoms with Crippen LogP contribution in [-0.2, 0) is 12.6 Å². The molecule has 0 radical (unpaired) electrons. The molecule has 2 rings (SSSR count). The molecule has 1 atom stereocenters. The zero-order valence-electron chi connectivity index (χ0n) is 11.2. The monoisotopic (exact) mass is 236 g/mol. The van der Waals surface area contributed by atoms with Crippen molar-refractivity contribution < 1.29 is 0 Å². The third-order valence-corrected chi connectivity index (χ3v) is 3.78. The topological polar surface area (TPSA) is 56.7 Å². The first-order chi connectivity index (χ1) is 8.04. The third-order valence-electron chi connectivity index (χ3n) is 3.78. The van der Waals surface area contributed by atoms with Gasteiger partial charge in [-0.1, -0.05) is 26.2 Å². The highest BCUT2D eigenvalue weighted by Gasteiger charge is 2.29. The van der Waals surface area contributed by atoms with Gasteiger partial charge in [0.25, 0.3) is 0 Å². The standard InChI is InChI=1S/C13H24N4/c1-4-9-13(2,14)12-15-11(16-17(12)3)10-7-5-6-8-10/h10H,4-9,14H2,1-3H3. The van der Waals surface area contributed by atoms with E-state index in [2.05, 4.69) is 18.9 Å². The molecule has 1 heterocycles. The molecule has 0 amide bonds. The van der Waals surface area contributed by atoms with Crippen LogP contribution in [0.1, 0.15) is 69.9 Å². The summed E-state index contributed by atoms with van der Waals surface area (Å²) in [6.45, 7) is 4.21. The average Bonchev–Trinajstić information content (AvgIpc) is 2.85. The summed E-state index contributed by atoms with van der Waals surface area (Å²) < 4.78 is 1.88. The summed E-state index contributed by atoms with van der Waals surface area (Å²) in [5.74, 6) is 2.50. The van der Waals surface area contributed by atoms with Gasteiger partial charge in [0.05, 0.1) is 5.54 Å². The Morgan fingerprint density at radius 3 is 2.65 bits per heavy atom. The van der Waals surface area contributed by atoms with Crippen molar-refractivity contribution >= 4 is 0 Å². The predicted octanol–water partition coefficient (Wildman–Crippen LogP) is 2.45. The van der Waals surface area contributed by atoms with Gasteiger partial charge in [0.2, 0.25) is 0 Å². The molecule has 0 aromatic carbocycles. The second-order valence-corrected chi connectivity index (χ2v) is 5.57. The first-order valence-electron chi connectivity index (χ1n) is 6.75. The van der Waals surface area contributed by atoms with Crippen LogP contribution in [0, 0.1) is 0 Å². The van der Waals surface area contributed by atoms with E-state index < -0.39 is 0 Å². The van der Waals surface area contributed by atoms with Crippen molar-refractivity contribution in [3.8, 4) is 0 Å². The molecule has 1 aliphatic rings. The van der Waals surface area contributed by atoms with Crippen molar-refractivity contribution in [1.82, 2.24) is 14.8 Å². The van der Waals surface area contributed by atoms with Crippen molar-refractivity contribution in [2.24, 2.45) is 12.8 Å². The normalized spacial score (nSPS) is 20.7. The average molecular weight is 236 g/mol. The van der Waals surface area contributed by atoms with Gasteiger partial charge in [-0.2, -0.15) is 5.10 Å². The minimum absolute atomic E-state index is 0.354. The number of hydrogen-bond acceptors (Lipinski definition) is 3. The number of hydrogen-bond donors (Lipinski definition) is 1. The molecule has 1 saturated carbocycles. The van der Waals surface area contributed by atoms with E-state index in [4.69, 9.17) is 10.7 Å². The number of rotatable bonds is 4. The van der Waals surface area contributed by atoms with E-state index in [0.29, 0.717) is 5.92 Å². The van der Waals surface area contributed by atoms with Crippen LogP contribution < -0.4 is 5.73 Å². The van der Waals surface area contributed by atoms with Crippen molar-refractivity contribution in [3.05, 3.63) is 11.6 Å². The molecule has 0 bridgehead atoms. The van der Waals surface area contributed by atoms with Crippen LogP contribution in [0.5, 0.6) is 0 Å². The minimum Gasteiger partial charge on any atom is -0.319 e. The Morgan fingerprint density at radius 1 is 1.41 bits per heavy atom. The molecule has 2 N–H and O–H groups in total. The smallest absolute Gasteiger partial charge is 0.154 e. The molecule has 0 aliphatic heterocycles. The molecule has 1 aromatic heterocycles. The second-order valence-electron chi connectivity index (χ2n) is 5.57. The highest BCUT2D eigenvalue weighted by Crippen LogP contribution is 2.33. The first-order valence-corrected chi connectivity index (χ1v) is 6.75. The SMILES string of the molecule is CCCC(C)(N)c1nc(C2CCCC2)nn1C. The van der Waals surface area contributed by atoms with E-state index in [0.717, 1.165) is 24.5 Å². The van der Waals surface area contributed by atoms with Crippen LogP contribution in [0.3, 0.4) is 0 Å². The maximum atomic E-state index is 6.34. The molecule has 96 valence electrons. The van der Waals surface area contributed by atoms with Crippen LogP contribution in [0.4, 0.5) is 0 Å². The minimum atomic E-state index is -0.354. The molecular formula is C13H24N4. The lowest BCUT2D eigenvalue weighted by atomic mass is 9.96. The summed E-state index contributed by atoms with van der Waals surface area (Å²) in [5.41, 5.74) is 5.98. The van der Waals surface area contributed by atoms with E-state index in [-0.39, 0.29) is 5.54 Å². The molecule has 1 unspecified atom stereocenters. The molecule has 4 heteroatoms. The number of nitrogens with two attached hydrogens (primary N) is 1. The van der Waals surface area contributed by atoms with Gasteiger partial charge in [0, 0.05) is 13.0 Å². The predicted molar refractivity (Wildman–Crippen MR) is 68.7 cm³/mol. The van der Waals surface area contributed by atoms with E-state index in [9.17, 15) is 0 Å². The number of nitrogens with zero attached hydrogens (tertiary/aromatic N) is 3. The highest BCUT2D eigenvalue weighted by atomic mass is 15.3. The maximum Gasteiger partial charge on any atom is 0.154 e. The van der Waals surface area contributed by atoms with Crippen LogP contribution >= 0.6 is 0 Å². The first kappa shape index (κ1) is 12.6. The van der Waals surface area contributed by atoms with Gasteiger partial charge in [-0.15, -0.1) is 0 Å². The zero-order valence-corrected chi connectivity index (χ0v) is 11.2. The summed E-state index contributed by atoms with van der Waals surface area (Å²) in [4.78, 5) is 4.71. The Labute approximate surface area is 104 Å². The van der Waals surface area contributed by atoms with E-state index >= 15 is 0 Å². The van der Waals surface area contributed by atoms with Crippen molar-refractivity contribution in [1.29, 1.82) is 0 Å². The number of aromatic nitrogens is 3. The van der Waals surface area contributed by atoms with Gasteiger partial charge in [0.1, 0.15) is 5.82 Å². The van der Waals surface area contributed by atoms with Crippen LogP contribution in [0.2, 0.25) is 0 Å². The van der Waals surface area contributed by atoms with Gasteiger partial charge in [-0.05, 0) is 26.2 Å². The maximum absolute atomic E-state index is 6.34. The van der Waals surface area contributed by atoms with Crippen molar-refractivity contribution in [2.45, 2.75) is 63.8 Å². The second kappa shape index (κ2) is 4.77. The Kier molecular flexibility index (Phi) is 3.52. The van der Waals surface area contributed by atoms with Gasteiger partial charge in [0.15, 0.2) is 5.82 Å². The van der Waals surface area contributed by atoms with E-state index in [1.165, 1.54) is 25.7 Å². The van der Waals surface area contributed by atoms with Crippen LogP contribution in [0.15, 0.2) is 0 Å². The molecule has 0 spiro atoms. The Morgan fingerprint density at radius 2 is 2.06 bits per heavy atom. The van der Waals surface area contributed by atoms with Crippen molar-refractivity contribution in [2.75, 3.05) is 0 Å². The lowest BCUT2D eigenvalue weighted by Gasteiger charge is -2.22. The molecule has 1 aromatic rings. The lowest BCUT2D eigenvalue weighted by Crippen LogP contribution is -2.35.